The van der Waals surface area contributed by atoms with Gasteiger partial charge in [0, 0.05) is 0 Å². The molecule has 0 unspecified atom stereocenters. The number of rotatable bonds is 8. The van der Waals surface area contributed by atoms with Crippen LogP contribution in [0.5, 0.6) is 0 Å². The van der Waals surface area contributed by atoms with E-state index >= 15 is 0 Å². The number of aryl methyl sites for hydroxylation is 1. The van der Waals surface area contributed by atoms with Gasteiger partial charge in [0.25, 0.3) is 15.9 Å². The van der Waals surface area contributed by atoms with Crippen LogP contribution in [0.3, 0.4) is 0 Å². The van der Waals surface area contributed by atoms with Crippen molar-refractivity contribution >= 4 is 27.8 Å². The smallest absolute Gasteiger partial charge is 0.264 e. The summed E-state index contributed by atoms with van der Waals surface area (Å²) in [6, 6.07) is 19.1. The first-order valence-corrected chi connectivity index (χ1v) is 11.9. The van der Waals surface area contributed by atoms with Crippen LogP contribution in [0.25, 0.3) is 0 Å². The maximum absolute atomic E-state index is 13.4. The fourth-order valence-corrected chi connectivity index (χ4v) is 4.49. The van der Waals surface area contributed by atoms with Crippen molar-refractivity contribution in [3.8, 4) is 0 Å². The van der Waals surface area contributed by atoms with E-state index in [4.69, 9.17) is 0 Å². The first-order chi connectivity index (χ1) is 15.7. The van der Waals surface area contributed by atoms with E-state index in [0.29, 0.717) is 11.3 Å². The number of nitrogens with one attached hydrogen (secondary N) is 1. The SMILES string of the molecule is Cc1ccc(S(=O)(=O)N(CC(=O)N/N=C\c2ccc(F)cc2)c2ccc(C(C)C)cc2)cc1. The lowest BCUT2D eigenvalue weighted by atomic mass is 10.0. The molecule has 0 radical (unpaired) electrons. The molecule has 0 bridgehead atoms. The maximum Gasteiger partial charge on any atom is 0.264 e. The van der Waals surface area contributed by atoms with Gasteiger partial charge in [-0.25, -0.2) is 18.2 Å². The lowest BCUT2D eigenvalue weighted by Gasteiger charge is -2.24. The van der Waals surface area contributed by atoms with Crippen molar-refractivity contribution in [3.63, 3.8) is 0 Å². The highest BCUT2D eigenvalue weighted by Gasteiger charge is 2.27. The predicted octanol–water partition coefficient (Wildman–Crippen LogP) is 4.60. The summed E-state index contributed by atoms with van der Waals surface area (Å²) >= 11 is 0. The number of halogens is 1. The van der Waals surface area contributed by atoms with Crippen LogP contribution < -0.4 is 9.73 Å². The molecule has 8 heteroatoms. The Bertz CT molecular complexity index is 1220. The van der Waals surface area contributed by atoms with Crippen LogP contribution in [0.1, 0.15) is 36.5 Å². The Hall–Kier alpha value is -3.52. The quantitative estimate of drug-likeness (QED) is 0.388. The Balaban J connectivity index is 1.85. The number of hydrazone groups is 1. The summed E-state index contributed by atoms with van der Waals surface area (Å²) in [5.41, 5.74) is 5.28. The second kappa shape index (κ2) is 10.4. The van der Waals surface area contributed by atoms with Crippen molar-refractivity contribution < 1.29 is 17.6 Å². The van der Waals surface area contributed by atoms with Crippen molar-refractivity contribution in [2.75, 3.05) is 10.8 Å². The van der Waals surface area contributed by atoms with Gasteiger partial charge in [-0.3, -0.25) is 9.10 Å². The van der Waals surface area contributed by atoms with Crippen LogP contribution in [0, 0.1) is 12.7 Å². The van der Waals surface area contributed by atoms with E-state index in [1.54, 1.807) is 24.3 Å². The first-order valence-electron chi connectivity index (χ1n) is 10.4. The van der Waals surface area contributed by atoms with Gasteiger partial charge in [-0.05, 0) is 60.4 Å². The summed E-state index contributed by atoms with van der Waals surface area (Å²) in [4.78, 5) is 12.7. The van der Waals surface area contributed by atoms with Crippen molar-refractivity contribution in [1.29, 1.82) is 0 Å². The van der Waals surface area contributed by atoms with Crippen LogP contribution in [-0.4, -0.2) is 27.1 Å². The fourth-order valence-electron chi connectivity index (χ4n) is 3.07. The summed E-state index contributed by atoms with van der Waals surface area (Å²) in [7, 11) is -4.00. The number of carbonyl (C=O) groups is 1. The average molecular weight is 468 g/mol. The molecule has 1 amide bonds. The van der Waals surface area contributed by atoms with E-state index in [1.165, 1.54) is 42.6 Å². The summed E-state index contributed by atoms with van der Waals surface area (Å²) in [5.74, 6) is -0.709. The molecule has 1 N–H and O–H groups in total. The molecule has 3 rings (SSSR count). The normalized spacial score (nSPS) is 11.7. The number of amides is 1. The van der Waals surface area contributed by atoms with Gasteiger partial charge in [-0.2, -0.15) is 5.10 Å². The zero-order valence-electron chi connectivity index (χ0n) is 18.7. The molecule has 3 aromatic carbocycles. The Morgan fingerprint density at radius 1 is 1.00 bits per heavy atom. The molecular formula is C25H26FN3O3S. The number of carbonyl (C=O) groups excluding carboxylic acids is 1. The molecular weight excluding hydrogens is 441 g/mol. The van der Waals surface area contributed by atoms with Gasteiger partial charge in [-0.15, -0.1) is 0 Å². The molecule has 3 aromatic rings. The second-order valence-corrected chi connectivity index (χ2v) is 9.78. The van der Waals surface area contributed by atoms with E-state index in [-0.39, 0.29) is 16.6 Å². The Morgan fingerprint density at radius 2 is 1.61 bits per heavy atom. The van der Waals surface area contributed by atoms with Gasteiger partial charge in [0.15, 0.2) is 0 Å². The molecule has 0 aliphatic carbocycles. The minimum atomic E-state index is -4.00. The summed E-state index contributed by atoms with van der Waals surface area (Å²) in [5, 5.41) is 3.85. The van der Waals surface area contributed by atoms with Crippen molar-refractivity contribution in [1.82, 2.24) is 5.43 Å². The van der Waals surface area contributed by atoms with Crippen LogP contribution in [0.15, 0.2) is 82.8 Å². The van der Waals surface area contributed by atoms with Gasteiger partial charge < -0.3 is 0 Å². The van der Waals surface area contributed by atoms with Gasteiger partial charge >= 0.3 is 0 Å². The largest absolute Gasteiger partial charge is 0.271 e. The molecule has 0 atom stereocenters. The number of nitrogens with zero attached hydrogens (tertiary/aromatic N) is 2. The molecule has 6 nitrogen and oxygen atoms in total. The van der Waals surface area contributed by atoms with Crippen molar-refractivity contribution in [2.24, 2.45) is 5.10 Å². The summed E-state index contributed by atoms with van der Waals surface area (Å²) in [6.07, 6.45) is 1.35. The monoisotopic (exact) mass is 467 g/mol. The van der Waals surface area contributed by atoms with Crippen LogP contribution in [0.2, 0.25) is 0 Å². The lowest BCUT2D eigenvalue weighted by Crippen LogP contribution is -2.39. The van der Waals surface area contributed by atoms with E-state index in [0.717, 1.165) is 15.4 Å². The zero-order chi connectivity index (χ0) is 24.0. The van der Waals surface area contributed by atoms with Gasteiger partial charge in [0.05, 0.1) is 16.8 Å². The third kappa shape index (κ3) is 6.26. The number of sulfonamides is 1. The molecule has 0 heterocycles. The zero-order valence-corrected chi connectivity index (χ0v) is 19.5. The molecule has 0 fully saturated rings. The molecule has 0 aliphatic rings. The van der Waals surface area contributed by atoms with E-state index < -0.39 is 22.5 Å². The van der Waals surface area contributed by atoms with Crippen LogP contribution >= 0.6 is 0 Å². The van der Waals surface area contributed by atoms with Gasteiger partial charge in [0.2, 0.25) is 0 Å². The molecule has 33 heavy (non-hydrogen) atoms. The summed E-state index contributed by atoms with van der Waals surface area (Å²) in [6.45, 7) is 5.49. The standard InChI is InChI=1S/C25H26FN3O3S/c1-18(2)21-8-12-23(13-9-21)29(33(31,32)24-14-4-19(3)5-15-24)17-25(30)28-27-16-20-6-10-22(26)11-7-20/h4-16,18H,17H2,1-3H3,(H,28,30)/b27-16-. The van der Waals surface area contributed by atoms with Crippen molar-refractivity contribution in [3.05, 3.63) is 95.3 Å². The number of anilines is 1. The number of hydrogen-bond donors (Lipinski definition) is 1. The minimum Gasteiger partial charge on any atom is -0.271 e. The van der Waals surface area contributed by atoms with Crippen molar-refractivity contribution in [2.45, 2.75) is 31.6 Å². The molecule has 0 spiro atoms. The van der Waals surface area contributed by atoms with E-state index in [9.17, 15) is 17.6 Å². The fraction of sp³-hybridized carbons (Fsp3) is 0.200. The third-order valence-corrected chi connectivity index (χ3v) is 6.80. The number of hydrogen-bond acceptors (Lipinski definition) is 4. The van der Waals surface area contributed by atoms with E-state index in [1.807, 2.05) is 32.9 Å². The second-order valence-electron chi connectivity index (χ2n) is 7.92. The highest BCUT2D eigenvalue weighted by Crippen LogP contribution is 2.26. The van der Waals surface area contributed by atoms with Crippen LogP contribution in [0.4, 0.5) is 10.1 Å². The predicted molar refractivity (Wildman–Crippen MR) is 128 cm³/mol. The van der Waals surface area contributed by atoms with Gasteiger partial charge in [-0.1, -0.05) is 55.8 Å². The third-order valence-electron chi connectivity index (χ3n) is 5.02. The summed E-state index contributed by atoms with van der Waals surface area (Å²) < 4.78 is 40.9. The topological polar surface area (TPSA) is 78.8 Å². The van der Waals surface area contributed by atoms with Crippen LogP contribution in [-0.2, 0) is 14.8 Å². The molecule has 172 valence electrons. The lowest BCUT2D eigenvalue weighted by molar-refractivity contribution is -0.119. The Labute approximate surface area is 193 Å². The average Bonchev–Trinajstić information content (AvgIpc) is 2.79. The first kappa shape index (κ1) is 24.1. The molecule has 0 saturated heterocycles. The highest BCUT2D eigenvalue weighted by molar-refractivity contribution is 7.92. The van der Waals surface area contributed by atoms with E-state index in [2.05, 4.69) is 10.5 Å². The number of benzene rings is 3. The molecule has 0 aromatic heterocycles. The molecule has 0 aliphatic heterocycles. The maximum atomic E-state index is 13.4. The Kier molecular flexibility index (Phi) is 7.60. The molecule has 0 saturated carbocycles. The van der Waals surface area contributed by atoms with Gasteiger partial charge in [0.1, 0.15) is 12.4 Å². The Morgan fingerprint density at radius 3 is 2.18 bits per heavy atom. The minimum absolute atomic E-state index is 0.0867. The highest BCUT2D eigenvalue weighted by atomic mass is 32.2.